The third kappa shape index (κ3) is 5.75. The number of hydrogen-bond acceptors (Lipinski definition) is 10. The molecule has 3 aromatic carbocycles. The highest BCUT2D eigenvalue weighted by molar-refractivity contribution is 8.06. The average molecular weight is 797 g/mol. The van der Waals surface area contributed by atoms with Gasteiger partial charge in [-0.3, -0.25) is 0 Å². The Morgan fingerprint density at radius 3 is 1.13 bits per heavy atom. The number of thioether (sulfide) groups is 4. The molecule has 0 N–H and O–H groups in total. The van der Waals surface area contributed by atoms with E-state index in [2.05, 4.69) is 65.8 Å². The van der Waals surface area contributed by atoms with Crippen LogP contribution in [0.25, 0.3) is 32.0 Å². The predicted octanol–water partition coefficient (Wildman–Crippen LogP) is 10.4. The van der Waals surface area contributed by atoms with Crippen LogP contribution in [-0.4, -0.2) is 35.0 Å². The molecule has 0 saturated heterocycles. The molecule has 4 aliphatic heterocycles. The van der Waals surface area contributed by atoms with E-state index in [9.17, 15) is 9.59 Å². The molecular weight excluding hydrogens is 761 g/mol. The number of esters is 2. The molecule has 0 spiro atoms. The summed E-state index contributed by atoms with van der Waals surface area (Å²) in [6.45, 7) is 13.7. The molecular formula is C42H36O4S6. The third-order valence-electron chi connectivity index (χ3n) is 9.48. The average Bonchev–Trinajstić information content (AvgIpc) is 3.88. The standard InChI is InChI=1S/C42H36O4S6/c1-41(2,3)37-35-33(47-17-19-49-35)31(51-37)23-11-7-21(8-12-23)27-25-15-16-26-28(40(44)46-30(26)29(25)45-39(27)43)22-9-13-24(14-10-22)32-34-36(50-20-18-48-34)38(52-32)42(4,5)6/h7-16H,17-20H2,1-6H3. The molecule has 0 fully saturated rings. The van der Waals surface area contributed by atoms with Gasteiger partial charge in [-0.1, -0.05) is 90.1 Å². The maximum atomic E-state index is 13.4. The van der Waals surface area contributed by atoms with E-state index in [0.717, 1.165) is 45.3 Å². The first-order chi connectivity index (χ1) is 24.9. The molecule has 0 atom stereocenters. The molecule has 9 rings (SSSR count). The zero-order chi connectivity index (χ0) is 36.1. The summed E-state index contributed by atoms with van der Waals surface area (Å²) in [6, 6.07) is 20.3. The monoisotopic (exact) mass is 796 g/mol. The van der Waals surface area contributed by atoms with E-state index in [1.54, 1.807) is 0 Å². The molecule has 0 saturated carbocycles. The van der Waals surface area contributed by atoms with Crippen LogP contribution in [-0.2, 0) is 20.4 Å². The fourth-order valence-electron chi connectivity index (χ4n) is 7.06. The van der Waals surface area contributed by atoms with Gasteiger partial charge in [-0.2, -0.15) is 0 Å². The number of ether oxygens (including phenoxy) is 2. The Kier molecular flexibility index (Phi) is 8.64. The predicted molar refractivity (Wildman–Crippen MR) is 222 cm³/mol. The first-order valence-corrected chi connectivity index (χ1v) is 22.9. The number of hydrogen-bond donors (Lipinski definition) is 0. The molecule has 2 aromatic heterocycles. The van der Waals surface area contributed by atoms with Crippen LogP contribution in [0.2, 0.25) is 0 Å². The lowest BCUT2D eigenvalue weighted by Crippen LogP contribution is -2.11. The van der Waals surface area contributed by atoms with Crippen LogP contribution in [0.1, 0.15) is 62.4 Å². The van der Waals surface area contributed by atoms with Gasteiger partial charge in [0.05, 0.1) is 11.1 Å². The largest absolute Gasteiger partial charge is 0.418 e. The first-order valence-electron chi connectivity index (χ1n) is 17.3. The highest BCUT2D eigenvalue weighted by Gasteiger charge is 2.35. The highest BCUT2D eigenvalue weighted by Crippen LogP contribution is 2.54. The lowest BCUT2D eigenvalue weighted by atomic mass is 9.94. The molecule has 6 heterocycles. The van der Waals surface area contributed by atoms with Crippen LogP contribution in [0.4, 0.5) is 0 Å². The number of thiophene rings is 2. The van der Waals surface area contributed by atoms with Crippen LogP contribution in [0, 0.1) is 0 Å². The van der Waals surface area contributed by atoms with Crippen LogP contribution in [0.3, 0.4) is 0 Å². The number of rotatable bonds is 4. The fraction of sp³-hybridized carbons (Fsp3) is 0.286. The van der Waals surface area contributed by atoms with Gasteiger partial charge in [0, 0.05) is 72.5 Å². The van der Waals surface area contributed by atoms with Crippen molar-refractivity contribution in [3.63, 3.8) is 0 Å². The van der Waals surface area contributed by atoms with Crippen molar-refractivity contribution in [1.82, 2.24) is 0 Å². The van der Waals surface area contributed by atoms with Crippen molar-refractivity contribution in [2.75, 3.05) is 23.0 Å². The zero-order valence-electron chi connectivity index (χ0n) is 29.7. The Bertz CT molecular complexity index is 2280. The summed E-state index contributed by atoms with van der Waals surface area (Å²) in [6.07, 6.45) is 0. The minimum absolute atomic E-state index is 0.0775. The van der Waals surface area contributed by atoms with E-state index in [1.165, 1.54) is 39.1 Å². The minimum Gasteiger partial charge on any atom is -0.418 e. The van der Waals surface area contributed by atoms with Gasteiger partial charge in [0.15, 0.2) is 11.5 Å². The van der Waals surface area contributed by atoms with E-state index in [4.69, 9.17) is 9.47 Å². The van der Waals surface area contributed by atoms with Crippen LogP contribution < -0.4 is 19.9 Å². The smallest absolute Gasteiger partial charge is 0.345 e. The SMILES string of the molecule is CC(C)(C)c1sc(-c2ccc(C3=c4ccc5c(c4OC3=O)OC(=O)C=5c3ccc(-c4sc(C(C)(C)C)c5c4SCCS5)cc3)cc2)c2c1SCCS2. The van der Waals surface area contributed by atoms with Crippen molar-refractivity contribution in [2.45, 2.75) is 72.0 Å². The van der Waals surface area contributed by atoms with Gasteiger partial charge >= 0.3 is 11.9 Å². The summed E-state index contributed by atoms with van der Waals surface area (Å²) in [5, 5.41) is 1.28. The van der Waals surface area contributed by atoms with Crippen LogP contribution in [0.15, 0.2) is 80.2 Å². The van der Waals surface area contributed by atoms with Crippen molar-refractivity contribution in [1.29, 1.82) is 0 Å². The summed E-state index contributed by atoms with van der Waals surface area (Å²) >= 11 is 11.6. The van der Waals surface area contributed by atoms with E-state index in [-0.39, 0.29) is 10.8 Å². The molecule has 0 bridgehead atoms. The third-order valence-corrected chi connectivity index (χ3v) is 18.5. The maximum Gasteiger partial charge on any atom is 0.345 e. The van der Waals surface area contributed by atoms with Crippen molar-refractivity contribution >= 4 is 92.8 Å². The number of carbonyl (C=O) groups excluding carboxylic acids is 2. The lowest BCUT2D eigenvalue weighted by Gasteiger charge is -2.20. The second-order valence-corrected chi connectivity index (χ2v) is 21.7. The maximum absolute atomic E-state index is 13.4. The van der Waals surface area contributed by atoms with E-state index >= 15 is 0 Å². The minimum atomic E-state index is -0.439. The summed E-state index contributed by atoms with van der Waals surface area (Å²) in [5.41, 5.74) is 4.99. The van der Waals surface area contributed by atoms with Gasteiger partial charge in [-0.05, 0) is 45.2 Å². The van der Waals surface area contributed by atoms with Gasteiger partial charge < -0.3 is 9.47 Å². The van der Waals surface area contributed by atoms with Crippen LogP contribution >= 0.6 is 69.7 Å². The number of carbonyl (C=O) groups is 2. The van der Waals surface area contributed by atoms with Gasteiger partial charge in [0.25, 0.3) is 0 Å². The molecule has 0 aliphatic carbocycles. The molecule has 0 radical (unpaired) electrons. The molecule has 4 nitrogen and oxygen atoms in total. The first kappa shape index (κ1) is 34.9. The van der Waals surface area contributed by atoms with Crippen molar-refractivity contribution in [3.05, 3.63) is 92.0 Å². The summed E-state index contributed by atoms with van der Waals surface area (Å²) in [7, 11) is 0. The quantitative estimate of drug-likeness (QED) is 0.132. The van der Waals surface area contributed by atoms with Crippen LogP contribution in [0.5, 0.6) is 11.5 Å². The fourth-order valence-corrected chi connectivity index (χ4v) is 16.0. The highest BCUT2D eigenvalue weighted by atomic mass is 32.2. The molecule has 4 aliphatic rings. The molecule has 264 valence electrons. The van der Waals surface area contributed by atoms with Crippen molar-refractivity contribution < 1.29 is 19.1 Å². The number of fused-ring (bicyclic) bond motifs is 5. The van der Waals surface area contributed by atoms with Gasteiger partial charge in [-0.25, -0.2) is 9.59 Å². The van der Waals surface area contributed by atoms with Gasteiger partial charge in [0.1, 0.15) is 0 Å². The van der Waals surface area contributed by atoms with Crippen molar-refractivity contribution in [3.8, 4) is 32.4 Å². The number of benzene rings is 3. The molecule has 0 amide bonds. The van der Waals surface area contributed by atoms with E-state index in [1.807, 2.05) is 106 Å². The second-order valence-electron chi connectivity index (χ2n) is 15.2. The summed E-state index contributed by atoms with van der Waals surface area (Å²) < 4.78 is 11.7. The Morgan fingerprint density at radius 2 is 0.788 bits per heavy atom. The lowest BCUT2D eigenvalue weighted by molar-refractivity contribution is -0.129. The van der Waals surface area contributed by atoms with E-state index in [0.29, 0.717) is 33.1 Å². The Balaban J connectivity index is 1.07. The molecule has 5 aromatic rings. The zero-order valence-corrected chi connectivity index (χ0v) is 34.6. The van der Waals surface area contributed by atoms with Crippen molar-refractivity contribution in [2.24, 2.45) is 0 Å². The van der Waals surface area contributed by atoms with E-state index < -0.39 is 11.9 Å². The Labute approximate surface area is 328 Å². The Hall–Kier alpha value is -2.86. The second kappa shape index (κ2) is 12.9. The summed E-state index contributed by atoms with van der Waals surface area (Å²) in [4.78, 5) is 38.0. The van der Waals surface area contributed by atoms with Gasteiger partial charge in [-0.15, -0.1) is 69.7 Å². The molecule has 10 heteroatoms. The Morgan fingerprint density at radius 1 is 0.462 bits per heavy atom. The molecule has 52 heavy (non-hydrogen) atoms. The normalized spacial score (nSPS) is 16.7. The molecule has 0 unspecified atom stereocenters. The summed E-state index contributed by atoms with van der Waals surface area (Å²) in [5.74, 6) is 4.23. The van der Waals surface area contributed by atoms with Gasteiger partial charge in [0.2, 0.25) is 0 Å². The topological polar surface area (TPSA) is 52.6 Å².